The van der Waals surface area contributed by atoms with Gasteiger partial charge in [0, 0.05) is 18.8 Å². The highest BCUT2D eigenvalue weighted by Gasteiger charge is 2.36. The number of carbonyl (C=O) groups is 3. The van der Waals surface area contributed by atoms with Crippen LogP contribution in [0, 0.1) is 11.8 Å². The van der Waals surface area contributed by atoms with Gasteiger partial charge in [-0.05, 0) is 48.2 Å². The van der Waals surface area contributed by atoms with Crippen molar-refractivity contribution in [1.82, 2.24) is 4.90 Å². The fraction of sp³-hybridized carbons (Fsp3) is 0.233. The van der Waals surface area contributed by atoms with Gasteiger partial charge in [-0.2, -0.15) is 0 Å². The van der Waals surface area contributed by atoms with E-state index in [-0.39, 0.29) is 11.8 Å². The molecule has 0 spiro atoms. The van der Waals surface area contributed by atoms with Crippen molar-refractivity contribution in [3.63, 3.8) is 0 Å². The number of nitrogens with zero attached hydrogens (tertiary/aromatic N) is 1. The zero-order valence-corrected chi connectivity index (χ0v) is 20.3. The van der Waals surface area contributed by atoms with Crippen LogP contribution in [0.1, 0.15) is 34.3 Å². The van der Waals surface area contributed by atoms with Crippen molar-refractivity contribution in [2.75, 3.05) is 12.4 Å². The van der Waals surface area contributed by atoms with Gasteiger partial charge in [0.05, 0.1) is 24.5 Å². The Labute approximate surface area is 211 Å². The molecule has 36 heavy (non-hydrogen) atoms. The molecule has 0 radical (unpaired) electrons. The Bertz CT molecular complexity index is 1170. The molecule has 1 N–H and O–H groups in total. The summed E-state index contributed by atoms with van der Waals surface area (Å²) < 4.78 is 4.72. The fourth-order valence-corrected chi connectivity index (χ4v) is 4.47. The van der Waals surface area contributed by atoms with Crippen LogP contribution in [0.5, 0.6) is 0 Å². The second kappa shape index (κ2) is 12.0. The van der Waals surface area contributed by atoms with Gasteiger partial charge in [0.2, 0.25) is 11.8 Å². The number of anilines is 1. The van der Waals surface area contributed by atoms with Crippen LogP contribution in [0.2, 0.25) is 0 Å². The molecule has 2 amide bonds. The second-order valence-electron chi connectivity index (χ2n) is 8.88. The van der Waals surface area contributed by atoms with E-state index in [0.717, 1.165) is 11.1 Å². The predicted octanol–water partition coefficient (Wildman–Crippen LogP) is 5.22. The molecule has 0 fully saturated rings. The van der Waals surface area contributed by atoms with Crippen molar-refractivity contribution >= 4 is 23.5 Å². The van der Waals surface area contributed by atoms with Gasteiger partial charge in [-0.1, -0.05) is 72.8 Å². The average molecular weight is 483 g/mol. The maximum absolute atomic E-state index is 13.9. The molecule has 0 aliphatic heterocycles. The van der Waals surface area contributed by atoms with Crippen LogP contribution in [0.3, 0.4) is 0 Å². The third-order valence-electron chi connectivity index (χ3n) is 6.40. The third-order valence-corrected chi connectivity index (χ3v) is 6.40. The zero-order chi connectivity index (χ0) is 25.3. The average Bonchev–Trinajstić information content (AvgIpc) is 2.93. The molecule has 0 saturated heterocycles. The number of allylic oxidation sites excluding steroid dienone is 2. The molecular weight excluding hydrogens is 452 g/mol. The van der Waals surface area contributed by atoms with Gasteiger partial charge in [0.15, 0.2) is 0 Å². The van der Waals surface area contributed by atoms with Gasteiger partial charge in [-0.15, -0.1) is 0 Å². The Morgan fingerprint density at radius 3 is 1.83 bits per heavy atom. The lowest BCUT2D eigenvalue weighted by molar-refractivity contribution is -0.142. The van der Waals surface area contributed by atoms with Crippen molar-refractivity contribution in [3.8, 4) is 0 Å². The molecule has 3 aromatic rings. The first kappa shape index (κ1) is 24.9. The highest BCUT2D eigenvalue weighted by molar-refractivity contribution is 5.97. The Balaban J connectivity index is 1.52. The number of rotatable bonds is 8. The molecule has 1 aliphatic carbocycles. The van der Waals surface area contributed by atoms with Crippen molar-refractivity contribution in [2.24, 2.45) is 11.8 Å². The Kier molecular flexibility index (Phi) is 8.29. The van der Waals surface area contributed by atoms with E-state index in [9.17, 15) is 14.4 Å². The molecule has 2 unspecified atom stereocenters. The lowest BCUT2D eigenvalue weighted by Crippen LogP contribution is -2.42. The van der Waals surface area contributed by atoms with Gasteiger partial charge in [-0.3, -0.25) is 9.59 Å². The Morgan fingerprint density at radius 1 is 0.778 bits per heavy atom. The first-order valence-electron chi connectivity index (χ1n) is 12.1. The molecule has 4 rings (SSSR count). The molecule has 0 heterocycles. The fourth-order valence-electron chi connectivity index (χ4n) is 4.47. The van der Waals surface area contributed by atoms with Crippen molar-refractivity contribution < 1.29 is 19.1 Å². The van der Waals surface area contributed by atoms with Crippen LogP contribution in [-0.4, -0.2) is 29.8 Å². The van der Waals surface area contributed by atoms with Crippen molar-refractivity contribution in [2.45, 2.75) is 25.9 Å². The quantitative estimate of drug-likeness (QED) is 0.353. The summed E-state index contributed by atoms with van der Waals surface area (Å²) in [5.74, 6) is -1.63. The normalized spacial score (nSPS) is 16.7. The lowest BCUT2D eigenvalue weighted by atomic mass is 9.81. The monoisotopic (exact) mass is 482 g/mol. The summed E-state index contributed by atoms with van der Waals surface area (Å²) in [5.41, 5.74) is 3.06. The van der Waals surface area contributed by atoms with Crippen molar-refractivity contribution in [3.05, 3.63) is 114 Å². The van der Waals surface area contributed by atoms with E-state index in [4.69, 9.17) is 4.74 Å². The number of amides is 2. The smallest absolute Gasteiger partial charge is 0.337 e. The Morgan fingerprint density at radius 2 is 1.31 bits per heavy atom. The molecule has 2 atom stereocenters. The molecule has 0 bridgehead atoms. The van der Waals surface area contributed by atoms with Crippen LogP contribution in [-0.2, 0) is 27.4 Å². The minimum Gasteiger partial charge on any atom is -0.465 e. The summed E-state index contributed by atoms with van der Waals surface area (Å²) in [5, 5.41) is 2.92. The molecule has 0 aromatic heterocycles. The summed E-state index contributed by atoms with van der Waals surface area (Å²) in [4.78, 5) is 40.7. The maximum Gasteiger partial charge on any atom is 0.337 e. The molecule has 1 aliphatic rings. The van der Waals surface area contributed by atoms with E-state index in [0.29, 0.717) is 37.2 Å². The highest BCUT2D eigenvalue weighted by atomic mass is 16.5. The number of methoxy groups -OCH3 is 1. The summed E-state index contributed by atoms with van der Waals surface area (Å²) >= 11 is 0. The van der Waals surface area contributed by atoms with Crippen molar-refractivity contribution in [1.29, 1.82) is 0 Å². The second-order valence-corrected chi connectivity index (χ2v) is 8.88. The molecule has 3 aromatic carbocycles. The predicted molar refractivity (Wildman–Crippen MR) is 139 cm³/mol. The van der Waals surface area contributed by atoms with Gasteiger partial charge >= 0.3 is 5.97 Å². The topological polar surface area (TPSA) is 75.7 Å². The van der Waals surface area contributed by atoms with Crippen LogP contribution in [0.4, 0.5) is 5.69 Å². The lowest BCUT2D eigenvalue weighted by Gasteiger charge is -2.32. The van der Waals surface area contributed by atoms with Gasteiger partial charge in [0.25, 0.3) is 0 Å². The van der Waals surface area contributed by atoms with Crippen LogP contribution >= 0.6 is 0 Å². The summed E-state index contributed by atoms with van der Waals surface area (Å²) in [6.45, 7) is 0.941. The molecule has 6 nitrogen and oxygen atoms in total. The largest absolute Gasteiger partial charge is 0.465 e. The minimum atomic E-state index is -0.489. The summed E-state index contributed by atoms with van der Waals surface area (Å²) in [7, 11) is 1.32. The van der Waals surface area contributed by atoms with E-state index >= 15 is 0 Å². The SMILES string of the molecule is COC(=O)c1ccc(NC(=O)C2CC=CCC2C(=O)N(Cc2ccccc2)Cc2ccccc2)cc1. The minimum absolute atomic E-state index is 0.0340. The van der Waals surface area contributed by atoms with E-state index < -0.39 is 17.8 Å². The van der Waals surface area contributed by atoms with E-state index in [1.165, 1.54) is 7.11 Å². The third kappa shape index (κ3) is 6.27. The zero-order valence-electron chi connectivity index (χ0n) is 20.3. The summed E-state index contributed by atoms with van der Waals surface area (Å²) in [6, 6.07) is 26.3. The van der Waals surface area contributed by atoms with Gasteiger partial charge in [-0.25, -0.2) is 4.79 Å². The van der Waals surface area contributed by atoms with E-state index in [1.54, 1.807) is 24.3 Å². The molecular formula is C30H30N2O4. The molecule has 184 valence electrons. The number of carbonyl (C=O) groups excluding carboxylic acids is 3. The first-order valence-corrected chi connectivity index (χ1v) is 12.1. The molecule has 0 saturated carbocycles. The van der Waals surface area contributed by atoms with Crippen LogP contribution in [0.15, 0.2) is 97.1 Å². The number of esters is 1. The van der Waals surface area contributed by atoms with Gasteiger partial charge in [0.1, 0.15) is 0 Å². The summed E-state index contributed by atoms with van der Waals surface area (Å²) in [6.07, 6.45) is 4.96. The van der Waals surface area contributed by atoms with E-state index in [1.807, 2.05) is 77.7 Å². The maximum atomic E-state index is 13.9. The van der Waals surface area contributed by atoms with E-state index in [2.05, 4.69) is 5.32 Å². The molecule has 6 heteroatoms. The highest BCUT2D eigenvalue weighted by Crippen LogP contribution is 2.30. The first-order chi connectivity index (χ1) is 17.5. The Hall–Kier alpha value is -4.19. The number of nitrogens with one attached hydrogen (secondary N) is 1. The van der Waals surface area contributed by atoms with Crippen LogP contribution < -0.4 is 5.32 Å². The number of hydrogen-bond acceptors (Lipinski definition) is 4. The van der Waals surface area contributed by atoms with Crippen LogP contribution in [0.25, 0.3) is 0 Å². The number of benzene rings is 3. The number of ether oxygens (including phenoxy) is 1. The van der Waals surface area contributed by atoms with Gasteiger partial charge < -0.3 is 15.0 Å². The standard InChI is InChI=1S/C30H30N2O4/c1-36-30(35)24-16-18-25(19-17-24)31-28(33)26-14-8-9-15-27(26)29(34)32(20-22-10-4-2-5-11-22)21-23-12-6-3-7-13-23/h2-13,16-19,26-27H,14-15,20-21H2,1H3,(H,31,33). The number of hydrogen-bond donors (Lipinski definition) is 1.